The number of benzene rings is 2. The van der Waals surface area contributed by atoms with Crippen LogP contribution in [0.4, 0.5) is 5.69 Å². The van der Waals surface area contributed by atoms with Crippen LogP contribution >= 0.6 is 23.4 Å². The fourth-order valence-corrected chi connectivity index (χ4v) is 3.81. The van der Waals surface area contributed by atoms with Crippen LogP contribution < -0.4 is 14.8 Å². The van der Waals surface area contributed by atoms with Crippen LogP contribution in [0, 0.1) is 11.3 Å². The first-order valence-corrected chi connectivity index (χ1v) is 10.7. The summed E-state index contributed by atoms with van der Waals surface area (Å²) in [5, 5.41) is 13.5. The summed E-state index contributed by atoms with van der Waals surface area (Å²) in [5.41, 5.74) is 2.68. The van der Waals surface area contributed by atoms with E-state index in [0.717, 1.165) is 11.3 Å². The van der Waals surface area contributed by atoms with Crippen LogP contribution in [0.25, 0.3) is 11.3 Å². The molecule has 6 nitrogen and oxygen atoms in total. The van der Waals surface area contributed by atoms with Gasteiger partial charge < -0.3 is 14.8 Å². The smallest absolute Gasteiger partial charge is 0.225 e. The summed E-state index contributed by atoms with van der Waals surface area (Å²) < 4.78 is 10.5. The summed E-state index contributed by atoms with van der Waals surface area (Å²) >= 11 is 7.32. The molecule has 3 aromatic rings. The number of rotatable bonds is 8. The Kier molecular flexibility index (Phi) is 7.76. The summed E-state index contributed by atoms with van der Waals surface area (Å²) in [6.07, 6.45) is 0.248. The predicted octanol–water partition coefficient (Wildman–Crippen LogP) is 5.41. The van der Waals surface area contributed by atoms with Crippen LogP contribution in [-0.2, 0) is 4.79 Å². The number of hydrogen-bond acceptors (Lipinski definition) is 6. The van der Waals surface area contributed by atoms with Crippen molar-refractivity contribution in [3.63, 3.8) is 0 Å². The molecule has 158 valence electrons. The standard InChI is InChI=1S/C23H20ClN3O3S/c1-29-18-8-10-20(21(13-18)30-2)26-22(28)11-12-31-23-16(14-25)5-9-19(27-23)15-3-6-17(24)7-4-15/h3-10,13H,11-12H2,1-2H3,(H,26,28). The van der Waals surface area contributed by atoms with E-state index in [0.29, 0.717) is 38.6 Å². The molecule has 0 aliphatic rings. The highest BCUT2D eigenvalue weighted by atomic mass is 35.5. The summed E-state index contributed by atoms with van der Waals surface area (Å²) in [7, 11) is 3.10. The average Bonchev–Trinajstić information content (AvgIpc) is 2.79. The van der Waals surface area contributed by atoms with Crippen LogP contribution in [0.1, 0.15) is 12.0 Å². The minimum Gasteiger partial charge on any atom is -0.497 e. The number of pyridine rings is 1. The van der Waals surface area contributed by atoms with Crippen molar-refractivity contribution in [3.8, 4) is 28.8 Å². The lowest BCUT2D eigenvalue weighted by atomic mass is 10.1. The number of carbonyl (C=O) groups is 1. The van der Waals surface area contributed by atoms with Crippen LogP contribution in [0.5, 0.6) is 11.5 Å². The minimum absolute atomic E-state index is 0.164. The Morgan fingerprint density at radius 2 is 1.90 bits per heavy atom. The van der Waals surface area contributed by atoms with Gasteiger partial charge in [0.1, 0.15) is 22.6 Å². The predicted molar refractivity (Wildman–Crippen MR) is 123 cm³/mol. The molecule has 1 aromatic heterocycles. The van der Waals surface area contributed by atoms with Gasteiger partial charge in [0.25, 0.3) is 0 Å². The maximum atomic E-state index is 12.4. The lowest BCUT2D eigenvalue weighted by Gasteiger charge is -2.11. The van der Waals surface area contributed by atoms with E-state index in [1.165, 1.54) is 18.9 Å². The minimum atomic E-state index is -0.164. The van der Waals surface area contributed by atoms with Gasteiger partial charge in [0.05, 0.1) is 31.2 Å². The van der Waals surface area contributed by atoms with Gasteiger partial charge >= 0.3 is 0 Å². The molecule has 0 aliphatic carbocycles. The molecule has 0 bridgehead atoms. The molecule has 1 amide bonds. The number of carbonyl (C=O) groups excluding carboxylic acids is 1. The summed E-state index contributed by atoms with van der Waals surface area (Å²) in [6.45, 7) is 0. The quantitative estimate of drug-likeness (QED) is 0.459. The molecule has 0 unspecified atom stereocenters. The third kappa shape index (κ3) is 5.91. The first-order valence-electron chi connectivity index (χ1n) is 9.36. The second kappa shape index (κ2) is 10.7. The zero-order valence-corrected chi connectivity index (χ0v) is 18.6. The highest BCUT2D eigenvalue weighted by Crippen LogP contribution is 2.30. The maximum absolute atomic E-state index is 12.4. The first-order chi connectivity index (χ1) is 15.0. The van der Waals surface area contributed by atoms with Crippen LogP contribution in [-0.4, -0.2) is 30.9 Å². The lowest BCUT2D eigenvalue weighted by molar-refractivity contribution is -0.115. The van der Waals surface area contributed by atoms with E-state index in [9.17, 15) is 10.1 Å². The molecule has 0 fully saturated rings. The van der Waals surface area contributed by atoms with Gasteiger partial charge in [-0.1, -0.05) is 23.7 Å². The van der Waals surface area contributed by atoms with Crippen LogP contribution in [0.15, 0.2) is 59.6 Å². The Morgan fingerprint density at radius 3 is 2.58 bits per heavy atom. The van der Waals surface area contributed by atoms with Gasteiger partial charge in [-0.2, -0.15) is 5.26 Å². The van der Waals surface area contributed by atoms with Gasteiger partial charge in [-0.05, 0) is 36.4 Å². The van der Waals surface area contributed by atoms with Crippen LogP contribution in [0.3, 0.4) is 0 Å². The zero-order valence-electron chi connectivity index (χ0n) is 17.0. The van der Waals surface area contributed by atoms with E-state index in [4.69, 9.17) is 21.1 Å². The average molecular weight is 454 g/mol. The Balaban J connectivity index is 1.64. The SMILES string of the molecule is COc1ccc(NC(=O)CCSc2nc(-c3ccc(Cl)cc3)ccc2C#N)c(OC)c1. The molecule has 8 heteroatoms. The number of ether oxygens (including phenoxy) is 2. The third-order valence-electron chi connectivity index (χ3n) is 4.37. The largest absolute Gasteiger partial charge is 0.497 e. The van der Waals surface area contributed by atoms with Crippen molar-refractivity contribution in [3.05, 3.63) is 65.2 Å². The van der Waals surface area contributed by atoms with Crippen LogP contribution in [0.2, 0.25) is 5.02 Å². The summed E-state index contributed by atoms with van der Waals surface area (Å²) in [5.74, 6) is 1.46. The van der Waals surface area contributed by atoms with Crippen molar-refractivity contribution in [1.29, 1.82) is 5.26 Å². The molecule has 0 aliphatic heterocycles. The van der Waals surface area contributed by atoms with Gasteiger partial charge in [-0.15, -0.1) is 11.8 Å². The number of anilines is 1. The molecule has 0 atom stereocenters. The fraction of sp³-hybridized carbons (Fsp3) is 0.174. The fourth-order valence-electron chi connectivity index (χ4n) is 2.77. The van der Waals surface area contributed by atoms with Crippen molar-refractivity contribution in [1.82, 2.24) is 4.98 Å². The van der Waals surface area contributed by atoms with Gasteiger partial charge in [-0.3, -0.25) is 4.79 Å². The molecule has 2 aromatic carbocycles. The number of methoxy groups -OCH3 is 2. The Hall–Kier alpha value is -3.21. The maximum Gasteiger partial charge on any atom is 0.225 e. The van der Waals surface area contributed by atoms with E-state index in [-0.39, 0.29) is 12.3 Å². The Bertz CT molecular complexity index is 1110. The highest BCUT2D eigenvalue weighted by Gasteiger charge is 2.12. The number of nitriles is 1. The van der Waals surface area contributed by atoms with E-state index in [1.54, 1.807) is 49.6 Å². The number of thioether (sulfide) groups is 1. The molecule has 1 heterocycles. The van der Waals surface area contributed by atoms with Crippen molar-refractivity contribution < 1.29 is 14.3 Å². The molecule has 0 saturated carbocycles. The van der Waals surface area contributed by atoms with Gasteiger partial charge in [0, 0.05) is 28.8 Å². The number of amides is 1. The van der Waals surface area contributed by atoms with Gasteiger partial charge in [0.2, 0.25) is 5.91 Å². The van der Waals surface area contributed by atoms with Crippen molar-refractivity contribution in [2.45, 2.75) is 11.4 Å². The van der Waals surface area contributed by atoms with E-state index in [2.05, 4.69) is 16.4 Å². The summed E-state index contributed by atoms with van der Waals surface area (Å²) in [6, 6.07) is 18.2. The van der Waals surface area contributed by atoms with Gasteiger partial charge in [0.15, 0.2) is 0 Å². The van der Waals surface area contributed by atoms with E-state index < -0.39 is 0 Å². The van der Waals surface area contributed by atoms with E-state index in [1.807, 2.05) is 12.1 Å². The number of halogens is 1. The molecule has 3 rings (SSSR count). The molecule has 0 saturated heterocycles. The molecular weight excluding hydrogens is 434 g/mol. The number of nitrogens with zero attached hydrogens (tertiary/aromatic N) is 2. The molecular formula is C23H20ClN3O3S. The van der Waals surface area contributed by atoms with Gasteiger partial charge in [-0.25, -0.2) is 4.98 Å². The number of aromatic nitrogens is 1. The second-order valence-electron chi connectivity index (χ2n) is 6.38. The van der Waals surface area contributed by atoms with Crippen molar-refractivity contribution in [2.24, 2.45) is 0 Å². The monoisotopic (exact) mass is 453 g/mol. The van der Waals surface area contributed by atoms with Crippen molar-refractivity contribution >= 4 is 35.0 Å². The summed E-state index contributed by atoms with van der Waals surface area (Å²) in [4.78, 5) is 17.0. The van der Waals surface area contributed by atoms with E-state index >= 15 is 0 Å². The first kappa shape index (κ1) is 22.5. The van der Waals surface area contributed by atoms with Crippen molar-refractivity contribution in [2.75, 3.05) is 25.3 Å². The Morgan fingerprint density at radius 1 is 1.13 bits per heavy atom. The third-order valence-corrected chi connectivity index (χ3v) is 5.62. The Labute approximate surface area is 190 Å². The normalized spacial score (nSPS) is 10.3. The number of hydrogen-bond donors (Lipinski definition) is 1. The lowest BCUT2D eigenvalue weighted by Crippen LogP contribution is -2.13. The highest BCUT2D eigenvalue weighted by molar-refractivity contribution is 7.99. The zero-order chi connectivity index (χ0) is 22.2. The molecule has 0 spiro atoms. The second-order valence-corrected chi connectivity index (χ2v) is 7.90. The molecule has 31 heavy (non-hydrogen) atoms. The number of nitrogens with one attached hydrogen (secondary N) is 1. The molecule has 0 radical (unpaired) electrons. The topological polar surface area (TPSA) is 84.2 Å². The molecule has 1 N–H and O–H groups in total.